The Morgan fingerprint density at radius 2 is 2.25 bits per heavy atom. The molecule has 3 atom stereocenters. The van der Waals surface area contributed by atoms with Crippen molar-refractivity contribution in [2.24, 2.45) is 0 Å². The van der Waals surface area contributed by atoms with Crippen molar-refractivity contribution in [2.75, 3.05) is 31.7 Å². The van der Waals surface area contributed by atoms with Crippen LogP contribution >= 0.6 is 0 Å². The van der Waals surface area contributed by atoms with Gasteiger partial charge in [-0.2, -0.15) is 0 Å². The minimum atomic E-state index is -0.934. The number of urea groups is 1. The van der Waals surface area contributed by atoms with Crippen LogP contribution in [0, 0.1) is 0 Å². The van der Waals surface area contributed by atoms with Crippen LogP contribution in [0.5, 0.6) is 0 Å². The standard InChI is InChI=1S/C12H22N2O5S/c1-9(3-6-20(2)18)13-12(17)14-4-5-19-10(8-14)7-11(15)16/h9-10H,3-8H2,1-2H3,(H,13,17)(H,15,16). The van der Waals surface area contributed by atoms with Crippen molar-refractivity contribution in [3.05, 3.63) is 0 Å². The Kier molecular flexibility index (Phi) is 6.94. The van der Waals surface area contributed by atoms with Gasteiger partial charge in [0.05, 0.1) is 19.1 Å². The predicted octanol–water partition coefficient (Wildman–Crippen LogP) is 0.0286. The fourth-order valence-corrected chi connectivity index (χ4v) is 2.62. The molecule has 1 fully saturated rings. The van der Waals surface area contributed by atoms with Crippen LogP contribution in [-0.4, -0.2) is 70.1 Å². The average molecular weight is 306 g/mol. The lowest BCUT2D eigenvalue weighted by molar-refractivity contribution is -0.141. The van der Waals surface area contributed by atoms with Gasteiger partial charge in [-0.15, -0.1) is 0 Å². The second kappa shape index (κ2) is 8.21. The maximum Gasteiger partial charge on any atom is 0.317 e. The molecule has 1 aliphatic heterocycles. The van der Waals surface area contributed by atoms with E-state index in [9.17, 15) is 13.8 Å². The van der Waals surface area contributed by atoms with Gasteiger partial charge in [0, 0.05) is 41.9 Å². The number of aliphatic carboxylic acids is 1. The number of nitrogens with one attached hydrogen (secondary N) is 1. The number of ether oxygens (including phenoxy) is 1. The molecule has 1 saturated heterocycles. The van der Waals surface area contributed by atoms with Gasteiger partial charge in [0.15, 0.2) is 0 Å². The van der Waals surface area contributed by atoms with Gasteiger partial charge in [-0.1, -0.05) is 0 Å². The number of carbonyl (C=O) groups excluding carboxylic acids is 1. The zero-order chi connectivity index (χ0) is 15.1. The summed E-state index contributed by atoms with van der Waals surface area (Å²) in [6.45, 7) is 2.94. The Hall–Kier alpha value is -1.15. The first-order chi connectivity index (χ1) is 9.38. The summed E-state index contributed by atoms with van der Waals surface area (Å²) in [5.74, 6) is -0.386. The Morgan fingerprint density at radius 1 is 1.55 bits per heavy atom. The van der Waals surface area contributed by atoms with Gasteiger partial charge in [0.2, 0.25) is 0 Å². The van der Waals surface area contributed by atoms with Crippen molar-refractivity contribution in [2.45, 2.75) is 31.9 Å². The van der Waals surface area contributed by atoms with Gasteiger partial charge in [0.25, 0.3) is 0 Å². The lowest BCUT2D eigenvalue weighted by atomic mass is 10.2. The summed E-state index contributed by atoms with van der Waals surface area (Å²) in [4.78, 5) is 24.2. The third-order valence-corrected chi connectivity index (χ3v) is 3.85. The molecule has 0 aliphatic carbocycles. The van der Waals surface area contributed by atoms with Crippen LogP contribution in [0.1, 0.15) is 19.8 Å². The summed E-state index contributed by atoms with van der Waals surface area (Å²) in [6, 6.07) is -0.287. The molecule has 0 saturated carbocycles. The second-order valence-electron chi connectivity index (χ2n) is 4.95. The van der Waals surface area contributed by atoms with E-state index in [1.807, 2.05) is 6.92 Å². The Morgan fingerprint density at radius 3 is 2.85 bits per heavy atom. The van der Waals surface area contributed by atoms with Crippen LogP contribution in [-0.2, 0) is 20.3 Å². The minimum absolute atomic E-state index is 0.0628. The third kappa shape index (κ3) is 6.33. The van der Waals surface area contributed by atoms with E-state index in [0.717, 1.165) is 0 Å². The van der Waals surface area contributed by atoms with E-state index in [1.54, 1.807) is 11.2 Å². The summed E-state index contributed by atoms with van der Waals surface area (Å²) in [5, 5.41) is 11.6. The van der Waals surface area contributed by atoms with Crippen LogP contribution in [0.15, 0.2) is 0 Å². The van der Waals surface area contributed by atoms with E-state index in [2.05, 4.69) is 5.32 Å². The first kappa shape index (κ1) is 16.9. The molecule has 1 heterocycles. The highest BCUT2D eigenvalue weighted by atomic mass is 32.2. The molecular weight excluding hydrogens is 284 g/mol. The Balaban J connectivity index is 2.38. The number of amides is 2. The lowest BCUT2D eigenvalue weighted by Crippen LogP contribution is -2.51. The van der Waals surface area contributed by atoms with E-state index in [1.165, 1.54) is 0 Å². The molecule has 3 unspecified atom stereocenters. The SMILES string of the molecule is CC(CCS(C)=O)NC(=O)N1CCOC(CC(=O)O)C1. The maximum absolute atomic E-state index is 12.0. The number of carboxylic acid groups (broad SMARTS) is 1. The molecule has 0 radical (unpaired) electrons. The van der Waals surface area contributed by atoms with E-state index >= 15 is 0 Å². The molecular formula is C12H22N2O5S. The fraction of sp³-hybridized carbons (Fsp3) is 0.833. The predicted molar refractivity (Wildman–Crippen MR) is 75.1 cm³/mol. The molecule has 0 aromatic carbocycles. The zero-order valence-corrected chi connectivity index (χ0v) is 12.6. The van der Waals surface area contributed by atoms with Crippen LogP contribution in [0.3, 0.4) is 0 Å². The number of hydrogen-bond acceptors (Lipinski definition) is 4. The molecule has 2 amide bonds. The summed E-state index contributed by atoms with van der Waals surface area (Å²) in [5.41, 5.74) is 0. The molecule has 116 valence electrons. The summed E-state index contributed by atoms with van der Waals surface area (Å²) in [7, 11) is -0.868. The number of hydrogen-bond donors (Lipinski definition) is 2. The minimum Gasteiger partial charge on any atom is -0.481 e. The number of nitrogens with zero attached hydrogens (tertiary/aromatic N) is 1. The van der Waals surface area contributed by atoms with E-state index < -0.39 is 22.9 Å². The summed E-state index contributed by atoms with van der Waals surface area (Å²) in [6.07, 6.45) is 1.73. The van der Waals surface area contributed by atoms with Gasteiger partial charge in [0.1, 0.15) is 0 Å². The second-order valence-corrected chi connectivity index (χ2v) is 6.51. The quantitative estimate of drug-likeness (QED) is 0.722. The number of carbonyl (C=O) groups is 2. The largest absolute Gasteiger partial charge is 0.481 e. The highest BCUT2D eigenvalue weighted by Gasteiger charge is 2.26. The molecule has 2 N–H and O–H groups in total. The fourth-order valence-electron chi connectivity index (χ4n) is 1.94. The van der Waals surface area contributed by atoms with E-state index in [-0.39, 0.29) is 25.0 Å². The zero-order valence-electron chi connectivity index (χ0n) is 11.8. The monoisotopic (exact) mass is 306 g/mol. The van der Waals surface area contributed by atoms with Gasteiger partial charge in [-0.25, -0.2) is 4.79 Å². The molecule has 0 bridgehead atoms. The normalized spacial score (nSPS) is 22.1. The van der Waals surface area contributed by atoms with Crippen molar-refractivity contribution in [1.82, 2.24) is 10.2 Å². The van der Waals surface area contributed by atoms with Crippen LogP contribution in [0.2, 0.25) is 0 Å². The van der Waals surface area contributed by atoms with Gasteiger partial charge in [-0.3, -0.25) is 9.00 Å². The molecule has 1 aliphatic rings. The maximum atomic E-state index is 12.0. The van der Waals surface area contributed by atoms with Gasteiger partial charge in [-0.05, 0) is 13.3 Å². The van der Waals surface area contributed by atoms with Crippen LogP contribution < -0.4 is 5.32 Å². The Bertz CT molecular complexity index is 377. The molecule has 0 spiro atoms. The van der Waals surface area contributed by atoms with E-state index in [0.29, 0.717) is 25.3 Å². The first-order valence-corrected chi connectivity index (χ1v) is 8.30. The van der Waals surface area contributed by atoms with Crippen molar-refractivity contribution in [1.29, 1.82) is 0 Å². The number of rotatable bonds is 6. The topological polar surface area (TPSA) is 95.9 Å². The van der Waals surface area contributed by atoms with Crippen LogP contribution in [0.25, 0.3) is 0 Å². The first-order valence-electron chi connectivity index (χ1n) is 6.57. The number of carboxylic acids is 1. The van der Waals surface area contributed by atoms with Gasteiger partial charge < -0.3 is 20.1 Å². The summed E-state index contributed by atoms with van der Waals surface area (Å²) >= 11 is 0. The van der Waals surface area contributed by atoms with Crippen molar-refractivity contribution in [3.8, 4) is 0 Å². The highest BCUT2D eigenvalue weighted by molar-refractivity contribution is 7.84. The van der Waals surface area contributed by atoms with Crippen molar-refractivity contribution < 1.29 is 23.6 Å². The average Bonchev–Trinajstić information content (AvgIpc) is 2.36. The number of morpholine rings is 1. The lowest BCUT2D eigenvalue weighted by Gasteiger charge is -2.33. The molecule has 0 aromatic heterocycles. The molecule has 0 aromatic rings. The molecule has 8 heteroatoms. The summed E-state index contributed by atoms with van der Waals surface area (Å²) < 4.78 is 16.3. The molecule has 20 heavy (non-hydrogen) atoms. The molecule has 1 rings (SSSR count). The molecule has 7 nitrogen and oxygen atoms in total. The van der Waals surface area contributed by atoms with Crippen molar-refractivity contribution >= 4 is 22.8 Å². The van der Waals surface area contributed by atoms with Gasteiger partial charge >= 0.3 is 12.0 Å². The van der Waals surface area contributed by atoms with E-state index in [4.69, 9.17) is 9.84 Å². The smallest absolute Gasteiger partial charge is 0.317 e. The third-order valence-electron chi connectivity index (χ3n) is 3.04. The van der Waals surface area contributed by atoms with Crippen LogP contribution in [0.4, 0.5) is 4.79 Å². The van der Waals surface area contributed by atoms with Crippen molar-refractivity contribution in [3.63, 3.8) is 0 Å². The highest BCUT2D eigenvalue weighted by Crippen LogP contribution is 2.09. The Labute approximate surface area is 121 Å².